The lowest BCUT2D eigenvalue weighted by Crippen LogP contribution is -2.16. The zero-order valence-electron chi connectivity index (χ0n) is 30.9. The molecule has 0 radical (unpaired) electrons. The molecule has 0 bridgehead atoms. The molecule has 8 aromatic carbocycles. The summed E-state index contributed by atoms with van der Waals surface area (Å²) < 4.78 is 0. The zero-order chi connectivity index (χ0) is 36.9. The van der Waals surface area contributed by atoms with Crippen LogP contribution < -0.4 is 0 Å². The third-order valence-electron chi connectivity index (χ3n) is 11.2. The molecule has 2 heteroatoms. The van der Waals surface area contributed by atoms with Crippen molar-refractivity contribution in [2.45, 2.75) is 19.3 Å². The van der Waals surface area contributed by atoms with Gasteiger partial charge in [0.25, 0.3) is 0 Å². The third kappa shape index (κ3) is 5.75. The Hall–Kier alpha value is -6.90. The Bertz CT molecular complexity index is 2820. The fraction of sp³-hybridized carbons (Fsp3) is 0.0566. The largest absolute Gasteiger partial charge is 0.228 e. The van der Waals surface area contributed by atoms with E-state index in [1.165, 1.54) is 55.6 Å². The molecule has 0 fully saturated rings. The molecule has 260 valence electrons. The highest BCUT2D eigenvalue weighted by Crippen LogP contribution is 2.52. The molecule has 1 aliphatic rings. The van der Waals surface area contributed by atoms with Crippen LogP contribution in [0.15, 0.2) is 194 Å². The number of fused-ring (bicyclic) bond motifs is 5. The summed E-state index contributed by atoms with van der Waals surface area (Å²) in [6.45, 7) is 4.66. The molecule has 2 nitrogen and oxygen atoms in total. The first-order valence-corrected chi connectivity index (χ1v) is 19.0. The minimum Gasteiger partial charge on any atom is -0.228 e. The molecule has 1 heterocycles. The summed E-state index contributed by atoms with van der Waals surface area (Å²) in [4.78, 5) is 10.7. The minimum absolute atomic E-state index is 0.187. The topological polar surface area (TPSA) is 25.8 Å². The van der Waals surface area contributed by atoms with Crippen LogP contribution in [-0.4, -0.2) is 9.97 Å². The highest BCUT2D eigenvalue weighted by Gasteiger charge is 2.38. The van der Waals surface area contributed by atoms with Gasteiger partial charge in [0.1, 0.15) is 0 Å². The van der Waals surface area contributed by atoms with Crippen molar-refractivity contribution in [2.24, 2.45) is 0 Å². The number of rotatable bonds is 6. The average molecular weight is 703 g/mol. The maximum Gasteiger partial charge on any atom is 0.160 e. The second-order valence-electron chi connectivity index (χ2n) is 15.0. The molecule has 10 rings (SSSR count). The molecule has 0 saturated heterocycles. The van der Waals surface area contributed by atoms with E-state index in [1.807, 2.05) is 0 Å². The van der Waals surface area contributed by atoms with Crippen LogP contribution in [0.5, 0.6) is 0 Å². The fourth-order valence-electron chi connectivity index (χ4n) is 8.54. The lowest BCUT2D eigenvalue weighted by atomic mass is 9.80. The van der Waals surface area contributed by atoms with Gasteiger partial charge in [-0.05, 0) is 103 Å². The van der Waals surface area contributed by atoms with E-state index in [-0.39, 0.29) is 5.41 Å². The van der Waals surface area contributed by atoms with Gasteiger partial charge in [0, 0.05) is 21.9 Å². The maximum atomic E-state index is 5.41. The molecule has 0 amide bonds. The third-order valence-corrected chi connectivity index (χ3v) is 11.2. The van der Waals surface area contributed by atoms with Crippen molar-refractivity contribution >= 4 is 10.9 Å². The Morgan fingerprint density at radius 1 is 0.345 bits per heavy atom. The van der Waals surface area contributed by atoms with Crippen molar-refractivity contribution in [3.05, 3.63) is 205 Å². The van der Waals surface area contributed by atoms with E-state index in [0.29, 0.717) is 0 Å². The van der Waals surface area contributed by atoms with Crippen molar-refractivity contribution < 1.29 is 0 Å². The summed E-state index contributed by atoms with van der Waals surface area (Å²) in [5.41, 5.74) is 18.5. The second-order valence-corrected chi connectivity index (χ2v) is 15.0. The van der Waals surface area contributed by atoms with Gasteiger partial charge in [0.2, 0.25) is 0 Å². The van der Waals surface area contributed by atoms with E-state index in [0.717, 1.165) is 44.7 Å². The summed E-state index contributed by atoms with van der Waals surface area (Å²) in [5.74, 6) is 0.723. The summed E-state index contributed by atoms with van der Waals surface area (Å²) in [6, 6.07) is 69.6. The molecule has 55 heavy (non-hydrogen) atoms. The van der Waals surface area contributed by atoms with Crippen LogP contribution in [0.4, 0.5) is 0 Å². The van der Waals surface area contributed by atoms with Gasteiger partial charge in [-0.1, -0.05) is 172 Å². The smallest absolute Gasteiger partial charge is 0.160 e. The number of hydrogen-bond donors (Lipinski definition) is 0. The lowest BCUT2D eigenvalue weighted by molar-refractivity contribution is 0.666. The van der Waals surface area contributed by atoms with Crippen molar-refractivity contribution in [3.8, 4) is 78.3 Å². The normalized spacial score (nSPS) is 12.7. The van der Waals surface area contributed by atoms with Crippen molar-refractivity contribution in [3.63, 3.8) is 0 Å². The SMILES string of the molecule is CC1(C)c2ccccc2-c2ccc3nc(-c4cccc(-c5cccc(-c6cc(-c7ccccc7)cc(-c7ccccc7)c6)c5)c4)nc(-c4ccccc4)c3c21. The fourth-order valence-corrected chi connectivity index (χ4v) is 8.54. The Morgan fingerprint density at radius 2 is 0.800 bits per heavy atom. The van der Waals surface area contributed by atoms with Gasteiger partial charge in [0.15, 0.2) is 5.82 Å². The molecule has 1 aliphatic carbocycles. The van der Waals surface area contributed by atoms with Crippen molar-refractivity contribution in [1.82, 2.24) is 9.97 Å². The van der Waals surface area contributed by atoms with Gasteiger partial charge in [-0.2, -0.15) is 0 Å². The predicted molar refractivity (Wildman–Crippen MR) is 230 cm³/mol. The molecule has 0 saturated carbocycles. The minimum atomic E-state index is -0.187. The second kappa shape index (κ2) is 13.2. The van der Waals surface area contributed by atoms with Crippen LogP contribution in [0.2, 0.25) is 0 Å². The van der Waals surface area contributed by atoms with E-state index < -0.39 is 0 Å². The number of benzene rings is 8. The first kappa shape index (κ1) is 32.7. The number of aromatic nitrogens is 2. The van der Waals surface area contributed by atoms with E-state index in [9.17, 15) is 0 Å². The molecule has 0 unspecified atom stereocenters. The van der Waals surface area contributed by atoms with Crippen LogP contribution in [0.25, 0.3) is 89.2 Å². The molecule has 1 aromatic heterocycles. The van der Waals surface area contributed by atoms with Crippen LogP contribution in [0.3, 0.4) is 0 Å². The molecule has 0 N–H and O–H groups in total. The summed E-state index contributed by atoms with van der Waals surface area (Å²) in [6.07, 6.45) is 0. The Balaban J connectivity index is 1.09. The molecule has 0 spiro atoms. The van der Waals surface area contributed by atoms with Gasteiger partial charge < -0.3 is 0 Å². The van der Waals surface area contributed by atoms with Crippen molar-refractivity contribution in [2.75, 3.05) is 0 Å². The number of hydrogen-bond acceptors (Lipinski definition) is 2. The molecule has 0 aliphatic heterocycles. The van der Waals surface area contributed by atoms with Gasteiger partial charge >= 0.3 is 0 Å². The maximum absolute atomic E-state index is 5.41. The monoisotopic (exact) mass is 702 g/mol. The molecule has 0 atom stereocenters. The van der Waals surface area contributed by atoms with Crippen LogP contribution in [0, 0.1) is 0 Å². The van der Waals surface area contributed by atoms with Gasteiger partial charge in [0.05, 0.1) is 11.2 Å². The lowest BCUT2D eigenvalue weighted by Gasteiger charge is -2.24. The standard InChI is InChI=1S/C53H38N2/c1-53(2)47-27-13-12-26-45(47)46-28-29-48-49(50(46)53)51(37-20-10-5-11-21-37)55-52(54-48)41-25-15-23-39(31-41)38-22-14-24-40(30-38)44-33-42(35-16-6-3-7-17-35)32-43(34-44)36-18-8-4-9-19-36/h3-34H,1-2H3. The van der Waals surface area contributed by atoms with Gasteiger partial charge in [-0.3, -0.25) is 0 Å². The van der Waals surface area contributed by atoms with E-state index >= 15 is 0 Å². The van der Waals surface area contributed by atoms with Gasteiger partial charge in [-0.25, -0.2) is 9.97 Å². The Labute approximate surface area is 322 Å². The average Bonchev–Trinajstić information content (AvgIpc) is 3.50. The van der Waals surface area contributed by atoms with E-state index in [4.69, 9.17) is 9.97 Å². The van der Waals surface area contributed by atoms with Gasteiger partial charge in [-0.15, -0.1) is 0 Å². The summed E-state index contributed by atoms with van der Waals surface area (Å²) >= 11 is 0. The molecular formula is C53H38N2. The van der Waals surface area contributed by atoms with Crippen LogP contribution in [0.1, 0.15) is 25.0 Å². The zero-order valence-corrected chi connectivity index (χ0v) is 30.9. The van der Waals surface area contributed by atoms with E-state index in [1.54, 1.807) is 0 Å². The highest BCUT2D eigenvalue weighted by molar-refractivity contribution is 6.03. The summed E-state index contributed by atoms with van der Waals surface area (Å²) in [7, 11) is 0. The first-order chi connectivity index (χ1) is 27.0. The first-order valence-electron chi connectivity index (χ1n) is 19.0. The summed E-state index contributed by atoms with van der Waals surface area (Å²) in [5, 5.41) is 1.13. The van der Waals surface area contributed by atoms with Crippen LogP contribution in [-0.2, 0) is 5.41 Å². The predicted octanol–water partition coefficient (Wildman–Crippen LogP) is 13.9. The van der Waals surface area contributed by atoms with E-state index in [2.05, 4.69) is 208 Å². The van der Waals surface area contributed by atoms with Crippen LogP contribution >= 0.6 is 0 Å². The Morgan fingerprint density at radius 3 is 1.42 bits per heavy atom. The number of nitrogens with zero attached hydrogens (tertiary/aromatic N) is 2. The quantitative estimate of drug-likeness (QED) is 0.172. The van der Waals surface area contributed by atoms with Crippen molar-refractivity contribution in [1.29, 1.82) is 0 Å². The molecule has 9 aromatic rings. The Kier molecular flexibility index (Phi) is 7.85. The highest BCUT2D eigenvalue weighted by atomic mass is 14.9. The molecular weight excluding hydrogens is 665 g/mol.